The zero-order valence-corrected chi connectivity index (χ0v) is 12.6. The summed E-state index contributed by atoms with van der Waals surface area (Å²) in [5.74, 6) is -0.790. The second-order valence-electron chi connectivity index (χ2n) is 4.97. The molecule has 118 valence electrons. The summed E-state index contributed by atoms with van der Waals surface area (Å²) in [4.78, 5) is 29.0. The first-order valence-electron chi connectivity index (χ1n) is 6.94. The number of likely N-dealkylation sites (N-methyl/N-ethyl adjacent to an activating group) is 1. The molecular formula is C16H15N3O4. The SMILES string of the molecule is COC1=CNN(C)C(C(=O)Oc2cccc3cccnc23)C1=O. The summed E-state index contributed by atoms with van der Waals surface area (Å²) < 4.78 is 10.4. The number of methoxy groups -OCH3 is 1. The highest BCUT2D eigenvalue weighted by molar-refractivity contribution is 6.11. The van der Waals surface area contributed by atoms with Crippen molar-refractivity contribution >= 4 is 22.7 Å². The third kappa shape index (κ3) is 2.74. The number of ether oxygens (including phenoxy) is 2. The minimum Gasteiger partial charge on any atom is -0.491 e. The second-order valence-corrected chi connectivity index (χ2v) is 4.97. The Hall–Kier alpha value is -2.93. The number of fused-ring (bicyclic) bond motifs is 1. The lowest BCUT2D eigenvalue weighted by molar-refractivity contribution is -0.147. The molecule has 0 saturated heterocycles. The number of carbonyl (C=O) groups is 2. The number of pyridine rings is 1. The topological polar surface area (TPSA) is 80.8 Å². The molecular weight excluding hydrogens is 298 g/mol. The average molecular weight is 313 g/mol. The first-order valence-corrected chi connectivity index (χ1v) is 6.94. The Bertz CT molecular complexity index is 798. The van der Waals surface area contributed by atoms with Gasteiger partial charge in [0.1, 0.15) is 5.52 Å². The number of rotatable bonds is 3. The molecule has 1 N–H and O–H groups in total. The van der Waals surface area contributed by atoms with Crippen molar-refractivity contribution < 1.29 is 19.1 Å². The number of nitrogens with zero attached hydrogens (tertiary/aromatic N) is 2. The molecule has 0 fully saturated rings. The van der Waals surface area contributed by atoms with Crippen LogP contribution in [0.15, 0.2) is 48.5 Å². The van der Waals surface area contributed by atoms with E-state index in [1.165, 1.54) is 18.3 Å². The molecule has 0 amide bonds. The first kappa shape index (κ1) is 15.0. The fourth-order valence-corrected chi connectivity index (χ4v) is 2.36. The van der Waals surface area contributed by atoms with Crippen LogP contribution < -0.4 is 10.2 Å². The average Bonchev–Trinajstić information content (AvgIpc) is 2.55. The van der Waals surface area contributed by atoms with Gasteiger partial charge < -0.3 is 14.9 Å². The van der Waals surface area contributed by atoms with Crippen molar-refractivity contribution in [2.45, 2.75) is 6.04 Å². The number of nitrogens with one attached hydrogen (secondary N) is 1. The van der Waals surface area contributed by atoms with E-state index >= 15 is 0 Å². The minimum absolute atomic E-state index is 0.0705. The number of hydrogen-bond acceptors (Lipinski definition) is 7. The van der Waals surface area contributed by atoms with Gasteiger partial charge in [0.25, 0.3) is 0 Å². The molecule has 1 aliphatic heterocycles. The van der Waals surface area contributed by atoms with E-state index in [4.69, 9.17) is 9.47 Å². The van der Waals surface area contributed by atoms with Crippen LogP contribution >= 0.6 is 0 Å². The van der Waals surface area contributed by atoms with Gasteiger partial charge >= 0.3 is 5.97 Å². The number of esters is 1. The van der Waals surface area contributed by atoms with E-state index in [2.05, 4.69) is 10.4 Å². The molecule has 3 rings (SSSR count). The van der Waals surface area contributed by atoms with Crippen LogP contribution in [0.25, 0.3) is 10.9 Å². The molecule has 1 aromatic carbocycles. The number of hydrazine groups is 1. The smallest absolute Gasteiger partial charge is 0.338 e. The van der Waals surface area contributed by atoms with Crippen molar-refractivity contribution in [2.75, 3.05) is 14.2 Å². The summed E-state index contributed by atoms with van der Waals surface area (Å²) in [6, 6.07) is 7.80. The fourth-order valence-electron chi connectivity index (χ4n) is 2.36. The quantitative estimate of drug-likeness (QED) is 0.514. The Morgan fingerprint density at radius 2 is 2.09 bits per heavy atom. The fraction of sp³-hybridized carbons (Fsp3) is 0.188. The molecule has 2 heterocycles. The molecule has 2 aromatic rings. The standard InChI is InChI=1S/C16H15N3O4/c1-19-14(15(20)12(22-2)9-18-19)16(21)23-11-7-3-5-10-6-4-8-17-13(10)11/h3-9,14,18H,1-2H3. The lowest BCUT2D eigenvalue weighted by Crippen LogP contribution is -2.54. The van der Waals surface area contributed by atoms with E-state index in [0.717, 1.165) is 5.39 Å². The van der Waals surface area contributed by atoms with Gasteiger partial charge in [0.05, 0.1) is 13.3 Å². The van der Waals surface area contributed by atoms with Crippen molar-refractivity contribution in [1.29, 1.82) is 0 Å². The van der Waals surface area contributed by atoms with Crippen LogP contribution in [-0.2, 0) is 14.3 Å². The molecule has 23 heavy (non-hydrogen) atoms. The monoisotopic (exact) mass is 313 g/mol. The highest BCUT2D eigenvalue weighted by Gasteiger charge is 2.38. The zero-order chi connectivity index (χ0) is 16.4. The number of Topliss-reactive ketones (excluding diaryl/α,β-unsaturated/α-hetero) is 1. The van der Waals surface area contributed by atoms with Gasteiger partial charge in [0.15, 0.2) is 17.6 Å². The van der Waals surface area contributed by atoms with E-state index in [1.54, 1.807) is 31.4 Å². The molecule has 1 atom stereocenters. The number of hydrogen-bond donors (Lipinski definition) is 1. The summed E-state index contributed by atoms with van der Waals surface area (Å²) in [6.07, 6.45) is 3.01. The maximum absolute atomic E-state index is 12.5. The summed E-state index contributed by atoms with van der Waals surface area (Å²) >= 11 is 0. The van der Waals surface area contributed by atoms with Gasteiger partial charge in [0.2, 0.25) is 5.78 Å². The number of benzene rings is 1. The molecule has 1 aromatic heterocycles. The Labute approximate surface area is 132 Å². The lowest BCUT2D eigenvalue weighted by Gasteiger charge is -2.29. The van der Waals surface area contributed by atoms with Crippen LogP contribution in [-0.4, -0.2) is 41.9 Å². The molecule has 0 saturated carbocycles. The number of para-hydroxylation sites is 1. The largest absolute Gasteiger partial charge is 0.491 e. The predicted molar refractivity (Wildman–Crippen MR) is 82.2 cm³/mol. The summed E-state index contributed by atoms with van der Waals surface area (Å²) in [5, 5.41) is 2.21. The van der Waals surface area contributed by atoms with Gasteiger partial charge in [-0.3, -0.25) is 9.78 Å². The Morgan fingerprint density at radius 1 is 1.30 bits per heavy atom. The van der Waals surface area contributed by atoms with Gasteiger partial charge in [-0.25, -0.2) is 9.80 Å². The van der Waals surface area contributed by atoms with Gasteiger partial charge in [0, 0.05) is 18.6 Å². The third-order valence-electron chi connectivity index (χ3n) is 3.53. The normalized spacial score (nSPS) is 18.3. The highest BCUT2D eigenvalue weighted by Crippen LogP contribution is 2.24. The number of ketones is 1. The van der Waals surface area contributed by atoms with Gasteiger partial charge in [-0.05, 0) is 12.1 Å². The van der Waals surface area contributed by atoms with Crippen molar-refractivity contribution in [3.63, 3.8) is 0 Å². The third-order valence-corrected chi connectivity index (χ3v) is 3.53. The molecule has 7 nitrogen and oxygen atoms in total. The molecule has 1 unspecified atom stereocenters. The van der Waals surface area contributed by atoms with Crippen LogP contribution in [0.1, 0.15) is 0 Å². The molecule has 0 aliphatic carbocycles. The van der Waals surface area contributed by atoms with E-state index < -0.39 is 17.8 Å². The first-order chi connectivity index (χ1) is 11.1. The van der Waals surface area contributed by atoms with Crippen LogP contribution in [0.4, 0.5) is 0 Å². The number of aromatic nitrogens is 1. The lowest BCUT2D eigenvalue weighted by atomic mass is 10.1. The van der Waals surface area contributed by atoms with Crippen molar-refractivity contribution in [1.82, 2.24) is 15.4 Å². The second kappa shape index (κ2) is 6.05. The van der Waals surface area contributed by atoms with E-state index in [0.29, 0.717) is 11.3 Å². The van der Waals surface area contributed by atoms with E-state index in [1.807, 2.05) is 12.1 Å². The Morgan fingerprint density at radius 3 is 2.87 bits per heavy atom. The van der Waals surface area contributed by atoms with Crippen LogP contribution in [0, 0.1) is 0 Å². The van der Waals surface area contributed by atoms with E-state index in [-0.39, 0.29) is 5.76 Å². The molecule has 1 aliphatic rings. The maximum Gasteiger partial charge on any atom is 0.338 e. The Balaban J connectivity index is 1.89. The van der Waals surface area contributed by atoms with Gasteiger partial charge in [-0.2, -0.15) is 0 Å². The van der Waals surface area contributed by atoms with E-state index in [9.17, 15) is 9.59 Å². The predicted octanol–water partition coefficient (Wildman–Crippen LogP) is 1.02. The molecule has 0 radical (unpaired) electrons. The van der Waals surface area contributed by atoms with Crippen LogP contribution in [0.5, 0.6) is 5.75 Å². The molecule has 0 spiro atoms. The van der Waals surface area contributed by atoms with Crippen molar-refractivity contribution in [2.24, 2.45) is 0 Å². The maximum atomic E-state index is 12.5. The zero-order valence-electron chi connectivity index (χ0n) is 12.6. The molecule has 7 heteroatoms. The van der Waals surface area contributed by atoms with Crippen LogP contribution in [0.2, 0.25) is 0 Å². The summed E-state index contributed by atoms with van der Waals surface area (Å²) in [7, 11) is 2.95. The van der Waals surface area contributed by atoms with Gasteiger partial charge in [-0.15, -0.1) is 0 Å². The van der Waals surface area contributed by atoms with Crippen molar-refractivity contribution in [3.05, 3.63) is 48.5 Å². The summed E-state index contributed by atoms with van der Waals surface area (Å²) in [5.41, 5.74) is 3.34. The summed E-state index contributed by atoms with van der Waals surface area (Å²) in [6.45, 7) is 0. The van der Waals surface area contributed by atoms with Gasteiger partial charge in [-0.1, -0.05) is 18.2 Å². The Kier molecular flexibility index (Phi) is 3.94. The molecule has 0 bridgehead atoms. The highest BCUT2D eigenvalue weighted by atomic mass is 16.5. The van der Waals surface area contributed by atoms with Crippen LogP contribution in [0.3, 0.4) is 0 Å². The number of carbonyl (C=O) groups excluding carboxylic acids is 2. The van der Waals surface area contributed by atoms with Crippen molar-refractivity contribution in [3.8, 4) is 5.75 Å². The minimum atomic E-state index is -1.13.